The molecule has 0 spiro atoms. The maximum absolute atomic E-state index is 12.3. The van der Waals surface area contributed by atoms with E-state index in [1.54, 1.807) is 0 Å². The lowest BCUT2D eigenvalue weighted by atomic mass is 9.93. The second-order valence-corrected chi connectivity index (χ2v) is 5.09. The molecule has 0 bridgehead atoms. The molecule has 5 heteroatoms. The average Bonchev–Trinajstić information content (AvgIpc) is 2.76. The highest BCUT2D eigenvalue weighted by Crippen LogP contribution is 2.23. The first kappa shape index (κ1) is 13.8. The number of hydrogen-bond donors (Lipinski definition) is 2. The number of carbonyl (C=O) groups excluding carboxylic acids is 1. The lowest BCUT2D eigenvalue weighted by molar-refractivity contribution is -0.133. The van der Waals surface area contributed by atoms with Crippen molar-refractivity contribution in [2.24, 2.45) is 28.6 Å². The summed E-state index contributed by atoms with van der Waals surface area (Å²) in [4.78, 5) is 14.1. The van der Waals surface area contributed by atoms with Gasteiger partial charge in [0.15, 0.2) is 5.84 Å². The number of amidine groups is 1. The van der Waals surface area contributed by atoms with Gasteiger partial charge in [-0.2, -0.15) is 0 Å². The maximum atomic E-state index is 12.3. The molecule has 0 aromatic carbocycles. The fourth-order valence-corrected chi connectivity index (χ4v) is 2.38. The van der Waals surface area contributed by atoms with Crippen LogP contribution >= 0.6 is 0 Å². The number of nitrogens with zero attached hydrogens (tertiary/aromatic N) is 2. The fourth-order valence-electron chi connectivity index (χ4n) is 2.38. The number of likely N-dealkylation sites (tertiary alicyclic amines) is 1. The number of nitrogens with two attached hydrogens (primary N) is 1. The summed E-state index contributed by atoms with van der Waals surface area (Å²) in [5.74, 6) is 0.143. The molecule has 1 aliphatic heterocycles. The van der Waals surface area contributed by atoms with Crippen molar-refractivity contribution in [2.45, 2.75) is 33.6 Å². The summed E-state index contributed by atoms with van der Waals surface area (Å²) < 4.78 is 0. The van der Waals surface area contributed by atoms with Crippen molar-refractivity contribution in [3.63, 3.8) is 0 Å². The van der Waals surface area contributed by atoms with E-state index in [1.165, 1.54) is 0 Å². The molecule has 1 fully saturated rings. The lowest BCUT2D eigenvalue weighted by Gasteiger charge is -2.25. The van der Waals surface area contributed by atoms with E-state index in [0.717, 1.165) is 25.9 Å². The monoisotopic (exact) mass is 241 g/mol. The van der Waals surface area contributed by atoms with Gasteiger partial charge in [-0.3, -0.25) is 4.79 Å². The zero-order chi connectivity index (χ0) is 13.0. The molecule has 2 atom stereocenters. The quantitative estimate of drug-likeness (QED) is 0.336. The Kier molecular flexibility index (Phi) is 4.78. The Bertz CT molecular complexity index is 302. The molecule has 1 amide bonds. The van der Waals surface area contributed by atoms with Crippen LogP contribution in [0.2, 0.25) is 0 Å². The standard InChI is InChI=1S/C12H23N3O2/c1-4-9-5-6-15(7-9)12(16)10(8(2)3)11(13)14-17/h8-10,17H,4-7H2,1-3H3,(H2,13,14). The van der Waals surface area contributed by atoms with Gasteiger partial charge < -0.3 is 15.8 Å². The van der Waals surface area contributed by atoms with Crippen LogP contribution < -0.4 is 5.73 Å². The Labute approximate surface area is 103 Å². The number of hydrogen-bond acceptors (Lipinski definition) is 3. The van der Waals surface area contributed by atoms with E-state index in [-0.39, 0.29) is 17.7 Å². The third-order valence-electron chi connectivity index (χ3n) is 3.54. The third kappa shape index (κ3) is 3.11. The van der Waals surface area contributed by atoms with Crippen LogP contribution in [0.5, 0.6) is 0 Å². The van der Waals surface area contributed by atoms with Gasteiger partial charge in [-0.25, -0.2) is 0 Å². The first-order valence-corrected chi connectivity index (χ1v) is 6.27. The van der Waals surface area contributed by atoms with Crippen LogP contribution in [0, 0.1) is 17.8 Å². The Hall–Kier alpha value is -1.26. The van der Waals surface area contributed by atoms with Gasteiger partial charge in [0.2, 0.25) is 5.91 Å². The molecule has 3 N–H and O–H groups in total. The van der Waals surface area contributed by atoms with Gasteiger partial charge in [-0.15, -0.1) is 0 Å². The predicted molar refractivity (Wildman–Crippen MR) is 66.7 cm³/mol. The van der Waals surface area contributed by atoms with Gasteiger partial charge in [-0.1, -0.05) is 32.3 Å². The van der Waals surface area contributed by atoms with Crippen LogP contribution in [-0.4, -0.2) is 34.9 Å². The molecule has 1 aliphatic rings. The van der Waals surface area contributed by atoms with Gasteiger partial charge in [-0.05, 0) is 18.3 Å². The van der Waals surface area contributed by atoms with Crippen LogP contribution in [0.15, 0.2) is 5.16 Å². The first-order valence-electron chi connectivity index (χ1n) is 6.27. The van der Waals surface area contributed by atoms with E-state index in [2.05, 4.69) is 12.1 Å². The van der Waals surface area contributed by atoms with Crippen LogP contribution in [0.1, 0.15) is 33.6 Å². The molecular weight excluding hydrogens is 218 g/mol. The zero-order valence-electron chi connectivity index (χ0n) is 10.9. The Morgan fingerprint density at radius 1 is 1.59 bits per heavy atom. The highest BCUT2D eigenvalue weighted by Gasteiger charge is 2.34. The molecule has 17 heavy (non-hydrogen) atoms. The van der Waals surface area contributed by atoms with Crippen molar-refractivity contribution < 1.29 is 10.0 Å². The van der Waals surface area contributed by atoms with E-state index in [1.807, 2.05) is 18.7 Å². The van der Waals surface area contributed by atoms with Crippen LogP contribution in [-0.2, 0) is 4.79 Å². The minimum Gasteiger partial charge on any atom is -0.409 e. The van der Waals surface area contributed by atoms with Crippen molar-refractivity contribution in [1.29, 1.82) is 0 Å². The maximum Gasteiger partial charge on any atom is 0.233 e. The molecule has 0 radical (unpaired) electrons. The highest BCUT2D eigenvalue weighted by molar-refractivity contribution is 6.02. The molecular formula is C12H23N3O2. The molecule has 1 saturated heterocycles. The zero-order valence-corrected chi connectivity index (χ0v) is 10.9. The van der Waals surface area contributed by atoms with Gasteiger partial charge in [0, 0.05) is 13.1 Å². The molecule has 1 heterocycles. The topological polar surface area (TPSA) is 78.9 Å². The molecule has 98 valence electrons. The Morgan fingerprint density at radius 2 is 2.24 bits per heavy atom. The summed E-state index contributed by atoms with van der Waals surface area (Å²) in [5.41, 5.74) is 5.61. The average molecular weight is 241 g/mol. The number of amides is 1. The minimum absolute atomic E-state index is 0.00810. The molecule has 0 aromatic rings. The lowest BCUT2D eigenvalue weighted by Crippen LogP contribution is -2.43. The molecule has 0 aliphatic carbocycles. The second kappa shape index (κ2) is 5.89. The van der Waals surface area contributed by atoms with Crippen LogP contribution in [0.25, 0.3) is 0 Å². The summed E-state index contributed by atoms with van der Waals surface area (Å²) in [7, 11) is 0. The van der Waals surface area contributed by atoms with E-state index in [4.69, 9.17) is 10.9 Å². The summed E-state index contributed by atoms with van der Waals surface area (Å²) in [6.07, 6.45) is 2.16. The van der Waals surface area contributed by atoms with Crippen molar-refractivity contribution in [3.05, 3.63) is 0 Å². The van der Waals surface area contributed by atoms with Gasteiger partial charge in [0.25, 0.3) is 0 Å². The van der Waals surface area contributed by atoms with E-state index >= 15 is 0 Å². The first-order chi connectivity index (χ1) is 8.01. The highest BCUT2D eigenvalue weighted by atomic mass is 16.4. The minimum atomic E-state index is -0.504. The predicted octanol–water partition coefficient (Wildman–Crippen LogP) is 1.26. The van der Waals surface area contributed by atoms with E-state index < -0.39 is 5.92 Å². The largest absolute Gasteiger partial charge is 0.409 e. The van der Waals surface area contributed by atoms with Gasteiger partial charge >= 0.3 is 0 Å². The van der Waals surface area contributed by atoms with Crippen molar-refractivity contribution in [3.8, 4) is 0 Å². The number of carbonyl (C=O) groups is 1. The molecule has 0 saturated carbocycles. The van der Waals surface area contributed by atoms with E-state index in [9.17, 15) is 4.79 Å². The molecule has 2 unspecified atom stereocenters. The number of rotatable bonds is 4. The van der Waals surface area contributed by atoms with Gasteiger partial charge in [0.05, 0.1) is 0 Å². The van der Waals surface area contributed by atoms with E-state index in [0.29, 0.717) is 5.92 Å². The summed E-state index contributed by atoms with van der Waals surface area (Å²) in [5, 5.41) is 11.7. The summed E-state index contributed by atoms with van der Waals surface area (Å²) in [6, 6.07) is 0. The van der Waals surface area contributed by atoms with Crippen molar-refractivity contribution >= 4 is 11.7 Å². The molecule has 1 rings (SSSR count). The second-order valence-electron chi connectivity index (χ2n) is 5.09. The molecule has 0 aromatic heterocycles. The SMILES string of the molecule is CCC1CCN(C(=O)C(C(N)=NO)C(C)C)C1. The third-order valence-corrected chi connectivity index (χ3v) is 3.54. The summed E-state index contributed by atoms with van der Waals surface area (Å²) in [6.45, 7) is 7.56. The smallest absolute Gasteiger partial charge is 0.233 e. The van der Waals surface area contributed by atoms with Crippen molar-refractivity contribution in [2.75, 3.05) is 13.1 Å². The van der Waals surface area contributed by atoms with Crippen molar-refractivity contribution in [1.82, 2.24) is 4.90 Å². The van der Waals surface area contributed by atoms with Crippen LogP contribution in [0.3, 0.4) is 0 Å². The van der Waals surface area contributed by atoms with Crippen LogP contribution in [0.4, 0.5) is 0 Å². The Balaban J connectivity index is 2.73. The number of oxime groups is 1. The molecule has 5 nitrogen and oxygen atoms in total. The normalized spacial score (nSPS) is 23.2. The fraction of sp³-hybridized carbons (Fsp3) is 0.833. The van der Waals surface area contributed by atoms with Gasteiger partial charge in [0.1, 0.15) is 5.92 Å². The summed E-state index contributed by atoms with van der Waals surface area (Å²) >= 11 is 0. The Morgan fingerprint density at radius 3 is 2.65 bits per heavy atom.